The van der Waals surface area contributed by atoms with Crippen molar-refractivity contribution < 1.29 is 4.79 Å². The molecule has 3 N–H and O–H groups in total. The molecule has 1 heterocycles. The average Bonchev–Trinajstić information content (AvgIpc) is 3.08. The van der Waals surface area contributed by atoms with Gasteiger partial charge < -0.3 is 15.6 Å². The molecule has 0 aliphatic heterocycles. The minimum atomic E-state index is -0.642. The van der Waals surface area contributed by atoms with Crippen LogP contribution in [0.15, 0.2) is 24.3 Å². The molecule has 1 aliphatic rings. The lowest BCUT2D eigenvalue weighted by molar-refractivity contribution is -0.124. The summed E-state index contributed by atoms with van der Waals surface area (Å²) < 4.78 is 2.14. The average molecular weight is 272 g/mol. The number of fused-ring (bicyclic) bond motifs is 1. The maximum atomic E-state index is 12.1. The lowest BCUT2D eigenvalue weighted by Crippen LogP contribution is -2.44. The number of imidazole rings is 1. The molecule has 5 heteroatoms. The van der Waals surface area contributed by atoms with Gasteiger partial charge in [0.25, 0.3) is 0 Å². The van der Waals surface area contributed by atoms with Gasteiger partial charge in [-0.15, -0.1) is 0 Å². The molecule has 20 heavy (non-hydrogen) atoms. The Balaban J connectivity index is 1.90. The van der Waals surface area contributed by atoms with Gasteiger partial charge in [-0.05, 0) is 38.8 Å². The van der Waals surface area contributed by atoms with Gasteiger partial charge in [0.1, 0.15) is 5.82 Å². The molecular weight excluding hydrogens is 252 g/mol. The number of aromatic nitrogens is 2. The first-order chi connectivity index (χ1) is 9.55. The Morgan fingerprint density at radius 2 is 2.20 bits per heavy atom. The van der Waals surface area contributed by atoms with Gasteiger partial charge in [0, 0.05) is 6.54 Å². The number of benzene rings is 1. The van der Waals surface area contributed by atoms with Crippen LogP contribution < -0.4 is 11.1 Å². The monoisotopic (exact) mass is 272 g/mol. The maximum absolute atomic E-state index is 12.1. The Morgan fingerprint density at radius 1 is 1.50 bits per heavy atom. The fourth-order valence-corrected chi connectivity index (χ4v) is 2.52. The van der Waals surface area contributed by atoms with E-state index in [1.807, 2.05) is 25.1 Å². The second-order valence-electron chi connectivity index (χ2n) is 5.55. The number of rotatable bonds is 4. The predicted octanol–water partition coefficient (Wildman–Crippen LogP) is 1.72. The van der Waals surface area contributed by atoms with Crippen LogP contribution in [0.25, 0.3) is 11.0 Å². The topological polar surface area (TPSA) is 72.9 Å². The van der Waals surface area contributed by atoms with Crippen LogP contribution in [0.5, 0.6) is 0 Å². The molecule has 1 atom stereocenters. The van der Waals surface area contributed by atoms with Crippen molar-refractivity contribution in [2.75, 3.05) is 0 Å². The van der Waals surface area contributed by atoms with Crippen molar-refractivity contribution in [1.82, 2.24) is 14.9 Å². The highest BCUT2D eigenvalue weighted by Crippen LogP contribution is 2.33. The van der Waals surface area contributed by atoms with Crippen LogP contribution in [0.1, 0.15) is 38.6 Å². The van der Waals surface area contributed by atoms with Gasteiger partial charge in [0.15, 0.2) is 0 Å². The molecule has 1 saturated carbocycles. The van der Waals surface area contributed by atoms with Gasteiger partial charge in [0.05, 0.1) is 22.6 Å². The zero-order valence-electron chi connectivity index (χ0n) is 11.9. The summed E-state index contributed by atoms with van der Waals surface area (Å²) >= 11 is 0. The van der Waals surface area contributed by atoms with Crippen LogP contribution in [0.2, 0.25) is 0 Å². The van der Waals surface area contributed by atoms with Gasteiger partial charge in [-0.2, -0.15) is 0 Å². The molecule has 5 nitrogen and oxygen atoms in total. The van der Waals surface area contributed by atoms with Crippen molar-refractivity contribution in [3.63, 3.8) is 0 Å². The molecule has 1 aromatic carbocycles. The smallest absolute Gasteiger partial charge is 0.240 e. The van der Waals surface area contributed by atoms with E-state index in [1.54, 1.807) is 0 Å². The quantitative estimate of drug-likeness (QED) is 0.890. The minimum Gasteiger partial charge on any atom is -0.345 e. The second kappa shape index (κ2) is 4.59. The summed E-state index contributed by atoms with van der Waals surface area (Å²) in [5, 5.41) is 2.99. The highest BCUT2D eigenvalue weighted by molar-refractivity contribution is 5.89. The Hall–Kier alpha value is -1.88. The highest BCUT2D eigenvalue weighted by atomic mass is 16.2. The summed E-state index contributed by atoms with van der Waals surface area (Å²) in [5.41, 5.74) is 7.34. The molecule has 0 saturated heterocycles. The molecule has 1 aromatic heterocycles. The normalized spacial score (nSPS) is 17.9. The largest absolute Gasteiger partial charge is 0.345 e. The zero-order valence-corrected chi connectivity index (χ0v) is 11.9. The number of para-hydroxylation sites is 2. The summed E-state index contributed by atoms with van der Waals surface area (Å²) in [6.07, 6.45) is 1.55. The van der Waals surface area contributed by atoms with Crippen molar-refractivity contribution >= 4 is 16.9 Å². The van der Waals surface area contributed by atoms with E-state index in [1.165, 1.54) is 0 Å². The number of aryl methyl sites for hydroxylation is 1. The van der Waals surface area contributed by atoms with Crippen LogP contribution in [0, 0.1) is 0 Å². The van der Waals surface area contributed by atoms with Gasteiger partial charge in [-0.3, -0.25) is 4.79 Å². The number of hydrogen-bond donors (Lipinski definition) is 2. The van der Waals surface area contributed by atoms with E-state index >= 15 is 0 Å². The molecule has 1 fully saturated rings. The summed E-state index contributed by atoms with van der Waals surface area (Å²) in [6, 6.07) is 7.87. The fraction of sp³-hybridized carbons (Fsp3) is 0.467. The lowest BCUT2D eigenvalue weighted by atomic mass is 10.2. The van der Waals surface area contributed by atoms with E-state index in [2.05, 4.69) is 27.9 Å². The van der Waals surface area contributed by atoms with E-state index in [4.69, 9.17) is 5.73 Å². The maximum Gasteiger partial charge on any atom is 0.240 e. The Bertz CT molecular complexity index is 657. The molecule has 1 aliphatic carbocycles. The molecule has 0 radical (unpaired) electrons. The number of carbonyl (C=O) groups excluding carboxylic acids is 1. The fourth-order valence-electron chi connectivity index (χ4n) is 2.52. The number of nitrogens with one attached hydrogen (secondary N) is 1. The third kappa shape index (κ3) is 2.08. The van der Waals surface area contributed by atoms with Crippen LogP contribution in [-0.2, 0) is 11.3 Å². The molecule has 1 amide bonds. The first-order valence-corrected chi connectivity index (χ1v) is 7.10. The Morgan fingerprint density at radius 3 is 2.85 bits per heavy atom. The first-order valence-electron chi connectivity index (χ1n) is 7.10. The predicted molar refractivity (Wildman–Crippen MR) is 78.1 cm³/mol. The van der Waals surface area contributed by atoms with E-state index in [0.29, 0.717) is 0 Å². The molecule has 106 valence electrons. The van der Waals surface area contributed by atoms with Crippen LogP contribution in [0.3, 0.4) is 0 Å². The Labute approximate surface area is 118 Å². The summed E-state index contributed by atoms with van der Waals surface area (Å²) in [6.45, 7) is 4.86. The number of hydrogen-bond acceptors (Lipinski definition) is 3. The molecule has 2 aromatic rings. The molecule has 0 spiro atoms. The van der Waals surface area contributed by atoms with Gasteiger partial charge in [-0.25, -0.2) is 4.98 Å². The Kier molecular flexibility index (Phi) is 3.01. The summed E-state index contributed by atoms with van der Waals surface area (Å²) in [7, 11) is 0. The number of nitrogens with zero attached hydrogens (tertiary/aromatic N) is 2. The highest BCUT2D eigenvalue weighted by Gasteiger charge is 2.46. The van der Waals surface area contributed by atoms with Crippen molar-refractivity contribution in [1.29, 1.82) is 0 Å². The van der Waals surface area contributed by atoms with E-state index in [9.17, 15) is 4.79 Å². The zero-order chi connectivity index (χ0) is 14.3. The third-order valence-electron chi connectivity index (χ3n) is 3.98. The molecule has 0 bridgehead atoms. The van der Waals surface area contributed by atoms with Crippen molar-refractivity contribution in [3.8, 4) is 0 Å². The van der Waals surface area contributed by atoms with Crippen LogP contribution in [0.4, 0.5) is 0 Å². The van der Waals surface area contributed by atoms with E-state index in [0.717, 1.165) is 36.2 Å². The molecule has 1 unspecified atom stereocenters. The molecule has 3 rings (SSSR count). The van der Waals surface area contributed by atoms with Gasteiger partial charge in [-0.1, -0.05) is 12.1 Å². The standard InChI is InChI=1S/C15H20N4O/c1-3-19-12-7-5-4-6-11(12)18-13(19)10(2)17-14(20)15(16)8-9-15/h4-7,10H,3,8-9,16H2,1-2H3,(H,17,20). The summed E-state index contributed by atoms with van der Waals surface area (Å²) in [4.78, 5) is 16.7. The van der Waals surface area contributed by atoms with Gasteiger partial charge in [0.2, 0.25) is 5.91 Å². The van der Waals surface area contributed by atoms with Crippen molar-refractivity contribution in [3.05, 3.63) is 30.1 Å². The van der Waals surface area contributed by atoms with Crippen LogP contribution >= 0.6 is 0 Å². The van der Waals surface area contributed by atoms with Crippen molar-refractivity contribution in [2.24, 2.45) is 5.73 Å². The number of carbonyl (C=O) groups is 1. The minimum absolute atomic E-state index is 0.0697. The third-order valence-corrected chi connectivity index (χ3v) is 3.98. The summed E-state index contributed by atoms with van der Waals surface area (Å²) in [5.74, 6) is 0.811. The van der Waals surface area contributed by atoms with Gasteiger partial charge >= 0.3 is 0 Å². The van der Waals surface area contributed by atoms with E-state index < -0.39 is 5.54 Å². The first kappa shape index (κ1) is 13.1. The molecular formula is C15H20N4O. The van der Waals surface area contributed by atoms with Crippen molar-refractivity contribution in [2.45, 2.75) is 44.8 Å². The van der Waals surface area contributed by atoms with Crippen LogP contribution in [-0.4, -0.2) is 21.0 Å². The SMILES string of the molecule is CCn1c(C(C)NC(=O)C2(N)CC2)nc2ccccc21. The lowest BCUT2D eigenvalue weighted by Gasteiger charge is -2.17. The number of amides is 1. The van der Waals surface area contributed by atoms with E-state index in [-0.39, 0.29) is 11.9 Å². The second-order valence-corrected chi connectivity index (χ2v) is 5.55. The number of nitrogens with two attached hydrogens (primary N) is 1.